The molecule has 5 nitrogen and oxygen atoms in total. The minimum atomic E-state index is 0.603. The number of aromatic nitrogens is 3. The Labute approximate surface area is 131 Å². The van der Waals surface area contributed by atoms with E-state index in [0.717, 1.165) is 31.9 Å². The molecule has 22 heavy (non-hydrogen) atoms. The molecule has 1 fully saturated rings. The van der Waals surface area contributed by atoms with Gasteiger partial charge in [0, 0.05) is 31.3 Å². The van der Waals surface area contributed by atoms with Crippen molar-refractivity contribution >= 4 is 0 Å². The van der Waals surface area contributed by atoms with Gasteiger partial charge in [-0.05, 0) is 50.4 Å². The number of ether oxygens (including phenoxy) is 1. The predicted octanol–water partition coefficient (Wildman–Crippen LogP) is 2.47. The van der Waals surface area contributed by atoms with E-state index in [1.807, 2.05) is 25.4 Å². The summed E-state index contributed by atoms with van der Waals surface area (Å²) < 4.78 is 5.83. The quantitative estimate of drug-likeness (QED) is 0.849. The fourth-order valence-corrected chi connectivity index (χ4v) is 2.79. The third kappa shape index (κ3) is 4.01. The second kappa shape index (κ2) is 7.31. The number of likely N-dealkylation sites (tertiary alicyclic amines) is 1. The standard InChI is InChI=1S/C17H22N4O/c1-14-17(20-8-7-19-14)22-13-15-4-9-21(10-5-15)12-16-3-2-6-18-11-16/h2-3,6-8,11,15H,4-5,9-10,12-13H2,1H3. The van der Waals surface area contributed by atoms with Gasteiger partial charge in [0.25, 0.3) is 0 Å². The highest BCUT2D eigenvalue weighted by Crippen LogP contribution is 2.20. The van der Waals surface area contributed by atoms with Gasteiger partial charge in [-0.1, -0.05) is 6.07 Å². The average molecular weight is 298 g/mol. The number of nitrogens with zero attached hydrogens (tertiary/aromatic N) is 4. The van der Waals surface area contributed by atoms with Crippen LogP contribution in [0, 0.1) is 12.8 Å². The maximum absolute atomic E-state index is 5.83. The van der Waals surface area contributed by atoms with Crippen molar-refractivity contribution in [1.29, 1.82) is 0 Å². The molecule has 0 aromatic carbocycles. The van der Waals surface area contributed by atoms with Crippen LogP contribution in [0.5, 0.6) is 5.88 Å². The van der Waals surface area contributed by atoms with Crippen molar-refractivity contribution in [2.45, 2.75) is 26.3 Å². The Morgan fingerprint density at radius 3 is 2.73 bits per heavy atom. The molecule has 0 atom stereocenters. The molecular formula is C17H22N4O. The summed E-state index contributed by atoms with van der Waals surface area (Å²) in [6.07, 6.45) is 9.48. The SMILES string of the molecule is Cc1nccnc1OCC1CCN(Cc2cccnc2)CC1. The highest BCUT2D eigenvalue weighted by Gasteiger charge is 2.20. The Morgan fingerprint density at radius 2 is 2.00 bits per heavy atom. The first-order valence-electron chi connectivity index (χ1n) is 7.83. The van der Waals surface area contributed by atoms with Gasteiger partial charge in [-0.2, -0.15) is 0 Å². The molecule has 0 aliphatic carbocycles. The minimum Gasteiger partial charge on any atom is -0.476 e. The molecule has 0 unspecified atom stereocenters. The molecule has 5 heteroatoms. The largest absolute Gasteiger partial charge is 0.476 e. The highest BCUT2D eigenvalue weighted by molar-refractivity contribution is 5.14. The van der Waals surface area contributed by atoms with Crippen molar-refractivity contribution in [2.24, 2.45) is 5.92 Å². The Balaban J connectivity index is 1.43. The van der Waals surface area contributed by atoms with E-state index in [1.54, 1.807) is 12.4 Å². The van der Waals surface area contributed by atoms with E-state index in [0.29, 0.717) is 11.8 Å². The topological polar surface area (TPSA) is 51.1 Å². The van der Waals surface area contributed by atoms with Crippen LogP contribution in [-0.2, 0) is 6.54 Å². The fraction of sp³-hybridized carbons (Fsp3) is 0.471. The molecule has 2 aromatic rings. The molecule has 0 spiro atoms. The molecule has 0 N–H and O–H groups in total. The van der Waals surface area contributed by atoms with Crippen LogP contribution in [0.4, 0.5) is 0 Å². The maximum Gasteiger partial charge on any atom is 0.235 e. The van der Waals surface area contributed by atoms with Crippen LogP contribution in [0.2, 0.25) is 0 Å². The summed E-state index contributed by atoms with van der Waals surface area (Å²) in [5.41, 5.74) is 2.14. The molecule has 0 bridgehead atoms. The maximum atomic E-state index is 5.83. The van der Waals surface area contributed by atoms with Gasteiger partial charge in [0.2, 0.25) is 5.88 Å². The summed E-state index contributed by atoms with van der Waals surface area (Å²) >= 11 is 0. The van der Waals surface area contributed by atoms with Crippen LogP contribution >= 0.6 is 0 Å². The van der Waals surface area contributed by atoms with Crippen molar-refractivity contribution in [2.75, 3.05) is 19.7 Å². The van der Waals surface area contributed by atoms with Crippen molar-refractivity contribution in [1.82, 2.24) is 19.9 Å². The lowest BCUT2D eigenvalue weighted by molar-refractivity contribution is 0.134. The fourth-order valence-electron chi connectivity index (χ4n) is 2.79. The molecule has 1 saturated heterocycles. The summed E-state index contributed by atoms with van der Waals surface area (Å²) in [6, 6.07) is 4.14. The summed E-state index contributed by atoms with van der Waals surface area (Å²) in [6.45, 7) is 5.88. The first kappa shape index (κ1) is 14.9. The van der Waals surface area contributed by atoms with Gasteiger partial charge in [-0.3, -0.25) is 14.9 Å². The number of piperidine rings is 1. The molecule has 0 amide bonds. The van der Waals surface area contributed by atoms with Crippen molar-refractivity contribution in [3.05, 3.63) is 48.2 Å². The Bertz CT molecular complexity index is 582. The third-order valence-corrected chi connectivity index (χ3v) is 4.13. The van der Waals surface area contributed by atoms with Gasteiger partial charge < -0.3 is 4.74 Å². The summed E-state index contributed by atoms with van der Waals surface area (Å²) in [4.78, 5) is 15.1. The smallest absolute Gasteiger partial charge is 0.235 e. The van der Waals surface area contributed by atoms with E-state index >= 15 is 0 Å². The van der Waals surface area contributed by atoms with Gasteiger partial charge in [0.15, 0.2) is 0 Å². The zero-order chi connectivity index (χ0) is 15.2. The molecule has 3 heterocycles. The normalized spacial score (nSPS) is 16.6. The molecule has 3 rings (SSSR count). The van der Waals surface area contributed by atoms with E-state index < -0.39 is 0 Å². The lowest BCUT2D eigenvalue weighted by atomic mass is 9.97. The second-order valence-corrected chi connectivity index (χ2v) is 5.84. The van der Waals surface area contributed by atoms with E-state index in [2.05, 4.69) is 25.9 Å². The van der Waals surface area contributed by atoms with Gasteiger partial charge in [-0.15, -0.1) is 0 Å². The first-order chi connectivity index (χ1) is 10.8. The first-order valence-corrected chi connectivity index (χ1v) is 7.83. The summed E-state index contributed by atoms with van der Waals surface area (Å²) in [7, 11) is 0. The third-order valence-electron chi connectivity index (χ3n) is 4.13. The molecule has 2 aromatic heterocycles. The number of aryl methyl sites for hydroxylation is 1. The lowest BCUT2D eigenvalue weighted by Gasteiger charge is -2.31. The zero-order valence-corrected chi connectivity index (χ0v) is 13.0. The monoisotopic (exact) mass is 298 g/mol. The van der Waals surface area contributed by atoms with Crippen LogP contribution < -0.4 is 4.74 Å². The van der Waals surface area contributed by atoms with Crippen LogP contribution in [0.3, 0.4) is 0 Å². The predicted molar refractivity (Wildman–Crippen MR) is 84.5 cm³/mol. The Hall–Kier alpha value is -2.01. The molecular weight excluding hydrogens is 276 g/mol. The Kier molecular flexibility index (Phi) is 4.96. The lowest BCUT2D eigenvalue weighted by Crippen LogP contribution is -2.35. The van der Waals surface area contributed by atoms with Crippen molar-refractivity contribution in [3.63, 3.8) is 0 Å². The van der Waals surface area contributed by atoms with E-state index in [4.69, 9.17) is 4.74 Å². The van der Waals surface area contributed by atoms with Gasteiger partial charge in [0.1, 0.15) is 0 Å². The second-order valence-electron chi connectivity index (χ2n) is 5.84. The van der Waals surface area contributed by atoms with Crippen LogP contribution in [-0.4, -0.2) is 39.5 Å². The average Bonchev–Trinajstić information content (AvgIpc) is 2.56. The zero-order valence-electron chi connectivity index (χ0n) is 13.0. The molecule has 0 radical (unpaired) electrons. The van der Waals surface area contributed by atoms with E-state index in [9.17, 15) is 0 Å². The molecule has 1 aliphatic heterocycles. The van der Waals surface area contributed by atoms with Crippen LogP contribution in [0.15, 0.2) is 36.9 Å². The Morgan fingerprint density at radius 1 is 1.18 bits per heavy atom. The van der Waals surface area contributed by atoms with Crippen molar-refractivity contribution in [3.8, 4) is 5.88 Å². The van der Waals surface area contributed by atoms with Gasteiger partial charge in [0.05, 0.1) is 12.3 Å². The molecule has 1 aliphatic rings. The van der Waals surface area contributed by atoms with E-state index in [-0.39, 0.29) is 0 Å². The summed E-state index contributed by atoms with van der Waals surface area (Å²) in [5.74, 6) is 1.27. The minimum absolute atomic E-state index is 0.603. The van der Waals surface area contributed by atoms with Crippen LogP contribution in [0.25, 0.3) is 0 Å². The number of pyridine rings is 1. The molecule has 0 saturated carbocycles. The van der Waals surface area contributed by atoms with Gasteiger partial charge in [-0.25, -0.2) is 4.98 Å². The van der Waals surface area contributed by atoms with Crippen molar-refractivity contribution < 1.29 is 4.74 Å². The van der Waals surface area contributed by atoms with Gasteiger partial charge >= 0.3 is 0 Å². The number of hydrogen-bond donors (Lipinski definition) is 0. The van der Waals surface area contributed by atoms with E-state index in [1.165, 1.54) is 18.4 Å². The highest BCUT2D eigenvalue weighted by atomic mass is 16.5. The summed E-state index contributed by atoms with van der Waals surface area (Å²) in [5, 5.41) is 0. The number of hydrogen-bond acceptors (Lipinski definition) is 5. The van der Waals surface area contributed by atoms with Crippen LogP contribution in [0.1, 0.15) is 24.1 Å². The number of rotatable bonds is 5. The molecule has 116 valence electrons.